The van der Waals surface area contributed by atoms with E-state index in [1.807, 2.05) is 6.92 Å². The third kappa shape index (κ3) is 5.14. The predicted molar refractivity (Wildman–Crippen MR) is 54.1 cm³/mol. The molecule has 1 N–H and O–H groups in total. The van der Waals surface area contributed by atoms with Gasteiger partial charge in [0.1, 0.15) is 0 Å². The number of rotatable bonds is 4. The zero-order valence-electron chi connectivity index (χ0n) is 8.65. The Morgan fingerprint density at radius 2 is 1.67 bits per heavy atom. The molecular formula is C11H20O. The van der Waals surface area contributed by atoms with Gasteiger partial charge in [0.15, 0.2) is 0 Å². The van der Waals surface area contributed by atoms with Gasteiger partial charge >= 0.3 is 0 Å². The molecule has 0 aliphatic carbocycles. The molecule has 0 aliphatic rings. The normalized spacial score (nSPS) is 12.4. The highest BCUT2D eigenvalue weighted by Crippen LogP contribution is 2.10. The van der Waals surface area contributed by atoms with Gasteiger partial charge in [-0.3, -0.25) is 0 Å². The van der Waals surface area contributed by atoms with E-state index in [-0.39, 0.29) is 6.61 Å². The third-order valence-corrected chi connectivity index (χ3v) is 2.04. The SMILES string of the molecule is CC(C)=CCC/C(C)=C(\C)CO. The van der Waals surface area contributed by atoms with Crippen LogP contribution in [-0.2, 0) is 0 Å². The van der Waals surface area contributed by atoms with Crippen LogP contribution in [0.2, 0.25) is 0 Å². The van der Waals surface area contributed by atoms with Gasteiger partial charge in [-0.2, -0.15) is 0 Å². The third-order valence-electron chi connectivity index (χ3n) is 2.04. The summed E-state index contributed by atoms with van der Waals surface area (Å²) in [4.78, 5) is 0. The fourth-order valence-corrected chi connectivity index (χ4v) is 0.926. The van der Waals surface area contributed by atoms with Crippen molar-refractivity contribution in [1.29, 1.82) is 0 Å². The largest absolute Gasteiger partial charge is 0.392 e. The molecule has 0 aromatic heterocycles. The van der Waals surface area contributed by atoms with Gasteiger partial charge in [0, 0.05) is 0 Å². The maximum atomic E-state index is 8.84. The van der Waals surface area contributed by atoms with E-state index in [0.717, 1.165) is 18.4 Å². The van der Waals surface area contributed by atoms with Gasteiger partial charge in [0.25, 0.3) is 0 Å². The molecule has 1 nitrogen and oxygen atoms in total. The molecule has 0 atom stereocenters. The molecule has 0 aliphatic heterocycles. The van der Waals surface area contributed by atoms with Crippen LogP contribution in [0.15, 0.2) is 22.8 Å². The van der Waals surface area contributed by atoms with E-state index in [1.165, 1.54) is 11.1 Å². The van der Waals surface area contributed by atoms with Gasteiger partial charge in [0.05, 0.1) is 6.61 Å². The molecule has 70 valence electrons. The number of hydrogen-bond acceptors (Lipinski definition) is 1. The van der Waals surface area contributed by atoms with Crippen molar-refractivity contribution in [2.75, 3.05) is 6.61 Å². The summed E-state index contributed by atoms with van der Waals surface area (Å²) >= 11 is 0. The molecule has 0 heterocycles. The lowest BCUT2D eigenvalue weighted by Crippen LogP contribution is -1.89. The van der Waals surface area contributed by atoms with Crippen molar-refractivity contribution < 1.29 is 5.11 Å². The van der Waals surface area contributed by atoms with E-state index in [4.69, 9.17) is 5.11 Å². The van der Waals surface area contributed by atoms with Crippen molar-refractivity contribution in [1.82, 2.24) is 0 Å². The fourth-order valence-electron chi connectivity index (χ4n) is 0.926. The van der Waals surface area contributed by atoms with E-state index < -0.39 is 0 Å². The van der Waals surface area contributed by atoms with Crippen LogP contribution in [0.3, 0.4) is 0 Å². The van der Waals surface area contributed by atoms with E-state index in [9.17, 15) is 0 Å². The van der Waals surface area contributed by atoms with Crippen LogP contribution in [0, 0.1) is 0 Å². The molecule has 0 saturated heterocycles. The molecule has 0 aromatic carbocycles. The highest BCUT2D eigenvalue weighted by atomic mass is 16.3. The first-order valence-corrected chi connectivity index (χ1v) is 4.47. The smallest absolute Gasteiger partial charge is 0.0641 e. The molecule has 0 bridgehead atoms. The summed E-state index contributed by atoms with van der Waals surface area (Å²) < 4.78 is 0. The zero-order chi connectivity index (χ0) is 9.56. The average molecular weight is 168 g/mol. The molecule has 0 fully saturated rings. The number of allylic oxidation sites excluding steroid dienone is 3. The van der Waals surface area contributed by atoms with Gasteiger partial charge in [-0.15, -0.1) is 0 Å². The summed E-state index contributed by atoms with van der Waals surface area (Å²) in [6.45, 7) is 8.48. The molecular weight excluding hydrogens is 148 g/mol. The van der Waals surface area contributed by atoms with E-state index >= 15 is 0 Å². The lowest BCUT2D eigenvalue weighted by Gasteiger charge is -2.02. The molecule has 0 unspecified atom stereocenters. The second kappa shape index (κ2) is 6.01. The first-order chi connectivity index (χ1) is 5.57. The molecule has 0 radical (unpaired) electrons. The Kier molecular flexibility index (Phi) is 5.73. The van der Waals surface area contributed by atoms with Crippen LogP contribution >= 0.6 is 0 Å². The highest BCUT2D eigenvalue weighted by molar-refractivity contribution is 5.10. The molecule has 0 rings (SSSR count). The Hall–Kier alpha value is -0.560. The van der Waals surface area contributed by atoms with E-state index in [1.54, 1.807) is 0 Å². The lowest BCUT2D eigenvalue weighted by molar-refractivity contribution is 0.329. The van der Waals surface area contributed by atoms with Crippen LogP contribution in [-0.4, -0.2) is 11.7 Å². The predicted octanol–water partition coefficient (Wildman–Crippen LogP) is 3.06. The Morgan fingerprint density at radius 3 is 2.08 bits per heavy atom. The standard InChI is InChI=1S/C11H20O/c1-9(2)6-5-7-10(3)11(4)8-12/h6,12H,5,7-8H2,1-4H3/b11-10+. The first kappa shape index (κ1) is 11.4. The summed E-state index contributed by atoms with van der Waals surface area (Å²) in [7, 11) is 0. The van der Waals surface area contributed by atoms with Crippen LogP contribution in [0.1, 0.15) is 40.5 Å². The molecule has 12 heavy (non-hydrogen) atoms. The van der Waals surface area contributed by atoms with Crippen molar-refractivity contribution in [2.24, 2.45) is 0 Å². The number of aliphatic hydroxyl groups is 1. The monoisotopic (exact) mass is 168 g/mol. The minimum Gasteiger partial charge on any atom is -0.392 e. The highest BCUT2D eigenvalue weighted by Gasteiger charge is 1.93. The quantitative estimate of drug-likeness (QED) is 0.640. The molecule has 1 heteroatoms. The van der Waals surface area contributed by atoms with Gasteiger partial charge in [-0.25, -0.2) is 0 Å². The minimum absolute atomic E-state index is 0.195. The van der Waals surface area contributed by atoms with Gasteiger partial charge < -0.3 is 5.11 Å². The zero-order valence-corrected chi connectivity index (χ0v) is 8.65. The Morgan fingerprint density at radius 1 is 1.08 bits per heavy atom. The molecule has 0 saturated carbocycles. The first-order valence-electron chi connectivity index (χ1n) is 4.47. The van der Waals surface area contributed by atoms with Crippen molar-refractivity contribution >= 4 is 0 Å². The summed E-state index contributed by atoms with van der Waals surface area (Å²) in [5.74, 6) is 0. The topological polar surface area (TPSA) is 20.2 Å². The van der Waals surface area contributed by atoms with Gasteiger partial charge in [-0.1, -0.05) is 17.2 Å². The Balaban J connectivity index is 3.86. The van der Waals surface area contributed by atoms with Gasteiger partial charge in [0.2, 0.25) is 0 Å². The van der Waals surface area contributed by atoms with Gasteiger partial charge in [-0.05, 0) is 46.1 Å². The van der Waals surface area contributed by atoms with Crippen LogP contribution in [0.4, 0.5) is 0 Å². The summed E-state index contributed by atoms with van der Waals surface area (Å²) in [5, 5.41) is 8.84. The minimum atomic E-state index is 0.195. The Labute approximate surface area is 75.8 Å². The molecule has 0 spiro atoms. The van der Waals surface area contributed by atoms with Crippen molar-refractivity contribution in [2.45, 2.75) is 40.5 Å². The Bertz CT molecular complexity index is 183. The molecule has 0 aromatic rings. The van der Waals surface area contributed by atoms with Crippen molar-refractivity contribution in [3.8, 4) is 0 Å². The van der Waals surface area contributed by atoms with E-state index in [0.29, 0.717) is 0 Å². The van der Waals surface area contributed by atoms with Crippen LogP contribution < -0.4 is 0 Å². The number of aliphatic hydroxyl groups excluding tert-OH is 1. The molecule has 0 amide bonds. The lowest BCUT2D eigenvalue weighted by atomic mass is 10.1. The second-order valence-electron chi connectivity index (χ2n) is 3.54. The van der Waals surface area contributed by atoms with Crippen molar-refractivity contribution in [3.63, 3.8) is 0 Å². The van der Waals surface area contributed by atoms with Crippen LogP contribution in [0.5, 0.6) is 0 Å². The maximum absolute atomic E-state index is 8.84. The van der Waals surface area contributed by atoms with Crippen LogP contribution in [0.25, 0.3) is 0 Å². The van der Waals surface area contributed by atoms with Crippen molar-refractivity contribution in [3.05, 3.63) is 22.8 Å². The summed E-state index contributed by atoms with van der Waals surface area (Å²) in [5.41, 5.74) is 3.79. The summed E-state index contributed by atoms with van der Waals surface area (Å²) in [6, 6.07) is 0. The number of hydrogen-bond donors (Lipinski definition) is 1. The van der Waals surface area contributed by atoms with E-state index in [2.05, 4.69) is 26.8 Å². The summed E-state index contributed by atoms with van der Waals surface area (Å²) in [6.07, 6.45) is 4.39. The average Bonchev–Trinajstić information content (AvgIpc) is 2.02. The second-order valence-corrected chi connectivity index (χ2v) is 3.54. The maximum Gasteiger partial charge on any atom is 0.0641 e. The fraction of sp³-hybridized carbons (Fsp3) is 0.636.